The highest BCUT2D eigenvalue weighted by atomic mass is 35.5. The first-order chi connectivity index (χ1) is 6.22. The van der Waals surface area contributed by atoms with Crippen LogP contribution < -0.4 is 5.73 Å². The number of hydrogen-bond acceptors (Lipinski definition) is 4. The van der Waals surface area contributed by atoms with Gasteiger partial charge in [-0.2, -0.15) is 0 Å². The lowest BCUT2D eigenvalue weighted by atomic mass is 10.1. The van der Waals surface area contributed by atoms with Gasteiger partial charge in [0.2, 0.25) is 0 Å². The molecular weight excluding hydrogens is 222 g/mol. The fourth-order valence-corrected chi connectivity index (χ4v) is 0.774. The number of carboxylic acid groups (broad SMARTS) is 1. The van der Waals surface area contributed by atoms with Crippen molar-refractivity contribution < 1.29 is 19.4 Å². The summed E-state index contributed by atoms with van der Waals surface area (Å²) in [4.78, 5) is 21.4. The molecule has 0 saturated carbocycles. The van der Waals surface area contributed by atoms with Gasteiger partial charge in [0.1, 0.15) is 11.6 Å². The molecule has 0 unspecified atom stereocenters. The molecule has 1 atom stereocenters. The van der Waals surface area contributed by atoms with Gasteiger partial charge in [0.05, 0.1) is 0 Å². The minimum atomic E-state index is -0.969. The fourth-order valence-electron chi connectivity index (χ4n) is 0.774. The number of nitrogens with two attached hydrogens (primary N) is 1. The maximum Gasteiger partial charge on any atom is 0.323 e. The summed E-state index contributed by atoms with van der Waals surface area (Å²) in [5.74, 6) is -1.53. The second-order valence-corrected chi connectivity index (χ2v) is 4.07. The summed E-state index contributed by atoms with van der Waals surface area (Å²) in [5.41, 5.74) is 4.85. The Morgan fingerprint density at radius 3 is 2.20 bits per heavy atom. The van der Waals surface area contributed by atoms with Crippen molar-refractivity contribution in [3.8, 4) is 0 Å². The van der Waals surface area contributed by atoms with Gasteiger partial charge < -0.3 is 15.6 Å². The molecule has 90 valence electrons. The largest absolute Gasteiger partial charge is 0.481 e. The van der Waals surface area contributed by atoms with E-state index in [9.17, 15) is 9.59 Å². The molecule has 3 N–H and O–H groups in total. The number of hydrogen-bond donors (Lipinski definition) is 2. The van der Waals surface area contributed by atoms with E-state index in [1.807, 2.05) is 0 Å². The molecule has 6 heteroatoms. The van der Waals surface area contributed by atoms with E-state index in [2.05, 4.69) is 0 Å². The molecule has 0 saturated heterocycles. The minimum absolute atomic E-state index is 0. The first-order valence-corrected chi connectivity index (χ1v) is 4.42. The second-order valence-electron chi connectivity index (χ2n) is 4.07. The molecule has 0 amide bonds. The van der Waals surface area contributed by atoms with Crippen LogP contribution in [0.15, 0.2) is 0 Å². The van der Waals surface area contributed by atoms with Crippen molar-refractivity contribution in [1.29, 1.82) is 0 Å². The first kappa shape index (κ1) is 16.6. The molecule has 15 heavy (non-hydrogen) atoms. The third-order valence-electron chi connectivity index (χ3n) is 1.38. The quantitative estimate of drug-likeness (QED) is 0.713. The van der Waals surface area contributed by atoms with E-state index in [-0.39, 0.29) is 25.2 Å². The van der Waals surface area contributed by atoms with Crippen LogP contribution in [-0.2, 0) is 14.3 Å². The number of aliphatic carboxylic acids is 1. The number of carbonyl (C=O) groups excluding carboxylic acids is 1. The summed E-state index contributed by atoms with van der Waals surface area (Å²) in [6.45, 7) is 5.19. The third kappa shape index (κ3) is 9.49. The monoisotopic (exact) mass is 239 g/mol. The smallest absolute Gasteiger partial charge is 0.323 e. The van der Waals surface area contributed by atoms with Crippen LogP contribution in [0.4, 0.5) is 0 Å². The average Bonchev–Trinajstić information content (AvgIpc) is 1.96. The predicted octanol–water partition coefficient (Wildman–Crippen LogP) is 0.942. The number of esters is 1. The molecular formula is C9H18ClNO4. The van der Waals surface area contributed by atoms with E-state index in [1.165, 1.54) is 0 Å². The van der Waals surface area contributed by atoms with Crippen LogP contribution in [0.1, 0.15) is 33.6 Å². The summed E-state index contributed by atoms with van der Waals surface area (Å²) < 4.78 is 4.97. The maximum atomic E-state index is 11.2. The zero-order chi connectivity index (χ0) is 11.4. The molecule has 0 radical (unpaired) electrons. The fraction of sp³-hybridized carbons (Fsp3) is 0.778. The van der Waals surface area contributed by atoms with Gasteiger partial charge >= 0.3 is 11.9 Å². The topological polar surface area (TPSA) is 89.6 Å². The number of rotatable bonds is 4. The van der Waals surface area contributed by atoms with Crippen molar-refractivity contribution in [2.24, 2.45) is 5.73 Å². The van der Waals surface area contributed by atoms with E-state index in [1.54, 1.807) is 20.8 Å². The Hall–Kier alpha value is -0.810. The standard InChI is InChI=1S/C9H17NO4.ClH/c1-9(2,3)14-8(13)6(10)4-5-7(11)12;/h6H,4-5,10H2,1-3H3,(H,11,12);1H/t6-;/m1./s1. The first-order valence-electron chi connectivity index (χ1n) is 4.42. The van der Waals surface area contributed by atoms with Gasteiger partial charge in [0.25, 0.3) is 0 Å². The number of halogens is 1. The van der Waals surface area contributed by atoms with Crippen LogP contribution in [0, 0.1) is 0 Å². The lowest BCUT2D eigenvalue weighted by Gasteiger charge is -2.21. The molecule has 5 nitrogen and oxygen atoms in total. The van der Waals surface area contributed by atoms with Gasteiger partial charge in [-0.3, -0.25) is 9.59 Å². The predicted molar refractivity (Wildman–Crippen MR) is 57.9 cm³/mol. The van der Waals surface area contributed by atoms with Crippen LogP contribution >= 0.6 is 12.4 Å². The Kier molecular flexibility index (Phi) is 7.35. The van der Waals surface area contributed by atoms with Gasteiger partial charge in [-0.05, 0) is 27.2 Å². The van der Waals surface area contributed by atoms with Crippen molar-refractivity contribution in [2.45, 2.75) is 45.3 Å². The van der Waals surface area contributed by atoms with Crippen LogP contribution in [0.5, 0.6) is 0 Å². The molecule has 0 aromatic rings. The summed E-state index contributed by atoms with van der Waals surface area (Å²) >= 11 is 0. The maximum absolute atomic E-state index is 11.2. The molecule has 0 rings (SSSR count). The van der Waals surface area contributed by atoms with Crippen molar-refractivity contribution >= 4 is 24.3 Å². The summed E-state index contributed by atoms with van der Waals surface area (Å²) in [5, 5.41) is 8.37. The van der Waals surface area contributed by atoms with Gasteiger partial charge in [0, 0.05) is 6.42 Å². The Bertz CT molecular complexity index is 225. The Morgan fingerprint density at radius 2 is 1.87 bits per heavy atom. The molecule has 0 heterocycles. The van der Waals surface area contributed by atoms with Crippen molar-refractivity contribution in [1.82, 2.24) is 0 Å². The lowest BCUT2D eigenvalue weighted by molar-refractivity contribution is -0.156. The zero-order valence-electron chi connectivity index (χ0n) is 9.15. The lowest BCUT2D eigenvalue weighted by Crippen LogP contribution is -2.37. The zero-order valence-corrected chi connectivity index (χ0v) is 9.97. The van der Waals surface area contributed by atoms with E-state index >= 15 is 0 Å². The van der Waals surface area contributed by atoms with Crippen molar-refractivity contribution in [3.05, 3.63) is 0 Å². The highest BCUT2D eigenvalue weighted by Crippen LogP contribution is 2.09. The Balaban J connectivity index is 0. The third-order valence-corrected chi connectivity index (χ3v) is 1.38. The van der Waals surface area contributed by atoms with Crippen LogP contribution in [0.3, 0.4) is 0 Å². The van der Waals surface area contributed by atoms with Crippen LogP contribution in [-0.4, -0.2) is 28.7 Å². The molecule has 0 aliphatic rings. The average molecular weight is 240 g/mol. The molecule has 0 bridgehead atoms. The number of ether oxygens (including phenoxy) is 1. The summed E-state index contributed by atoms with van der Waals surface area (Å²) in [7, 11) is 0. The Labute approximate surface area is 95.4 Å². The number of carboxylic acids is 1. The van der Waals surface area contributed by atoms with Crippen molar-refractivity contribution in [3.63, 3.8) is 0 Å². The van der Waals surface area contributed by atoms with E-state index in [0.29, 0.717) is 0 Å². The highest BCUT2D eigenvalue weighted by molar-refractivity contribution is 5.85. The summed E-state index contributed by atoms with van der Waals surface area (Å²) in [6.07, 6.45) is -0.0232. The molecule has 0 aliphatic carbocycles. The molecule has 0 fully saturated rings. The SMILES string of the molecule is CC(C)(C)OC(=O)[C@H](N)CCC(=O)O.Cl. The molecule has 0 aromatic heterocycles. The van der Waals surface area contributed by atoms with E-state index in [0.717, 1.165) is 0 Å². The minimum Gasteiger partial charge on any atom is -0.481 e. The van der Waals surface area contributed by atoms with E-state index in [4.69, 9.17) is 15.6 Å². The molecule has 0 aliphatic heterocycles. The second kappa shape index (κ2) is 6.63. The highest BCUT2D eigenvalue weighted by Gasteiger charge is 2.22. The molecule has 0 spiro atoms. The summed E-state index contributed by atoms with van der Waals surface area (Å²) in [6, 6.07) is -0.856. The molecule has 0 aromatic carbocycles. The van der Waals surface area contributed by atoms with Gasteiger partial charge in [0.15, 0.2) is 0 Å². The van der Waals surface area contributed by atoms with E-state index < -0.39 is 23.6 Å². The van der Waals surface area contributed by atoms with Gasteiger partial charge in [-0.25, -0.2) is 0 Å². The van der Waals surface area contributed by atoms with Crippen LogP contribution in [0.25, 0.3) is 0 Å². The van der Waals surface area contributed by atoms with Gasteiger partial charge in [-0.1, -0.05) is 0 Å². The normalized spacial score (nSPS) is 12.5. The van der Waals surface area contributed by atoms with Gasteiger partial charge in [-0.15, -0.1) is 12.4 Å². The van der Waals surface area contributed by atoms with Crippen LogP contribution in [0.2, 0.25) is 0 Å². The van der Waals surface area contributed by atoms with Crippen molar-refractivity contribution in [2.75, 3.05) is 0 Å². The Morgan fingerprint density at radius 1 is 1.40 bits per heavy atom. The number of carbonyl (C=O) groups is 2.